The SMILES string of the molecule is CCc1cc(C(=O)NCc2cccc(OCCCCCBr)c2)n(C)n1. The summed E-state index contributed by atoms with van der Waals surface area (Å²) in [5.74, 6) is 0.732. The van der Waals surface area contributed by atoms with Gasteiger partial charge in [0, 0.05) is 18.9 Å². The molecule has 0 atom stereocenters. The molecule has 1 N–H and O–H groups in total. The number of hydrogen-bond donors (Lipinski definition) is 1. The summed E-state index contributed by atoms with van der Waals surface area (Å²) in [5.41, 5.74) is 2.52. The largest absolute Gasteiger partial charge is 0.494 e. The molecule has 1 heterocycles. The summed E-state index contributed by atoms with van der Waals surface area (Å²) in [5, 5.41) is 8.29. The highest BCUT2D eigenvalue weighted by atomic mass is 79.9. The molecule has 0 saturated heterocycles. The molecular weight excluding hydrogens is 382 g/mol. The zero-order valence-electron chi connectivity index (χ0n) is 14.9. The van der Waals surface area contributed by atoms with Crippen LogP contribution in [0.1, 0.15) is 47.9 Å². The molecule has 1 amide bonds. The summed E-state index contributed by atoms with van der Waals surface area (Å²) in [6.45, 7) is 3.21. The molecule has 6 heteroatoms. The quantitative estimate of drug-likeness (QED) is 0.480. The van der Waals surface area contributed by atoms with Crippen molar-refractivity contribution in [3.8, 4) is 5.75 Å². The van der Waals surface area contributed by atoms with Crippen LogP contribution in [0.15, 0.2) is 30.3 Å². The Morgan fingerprint density at radius 1 is 1.28 bits per heavy atom. The lowest BCUT2D eigenvalue weighted by Crippen LogP contribution is -2.25. The van der Waals surface area contributed by atoms with Crippen LogP contribution < -0.4 is 10.1 Å². The molecule has 0 bridgehead atoms. The maximum Gasteiger partial charge on any atom is 0.269 e. The van der Waals surface area contributed by atoms with Crippen LogP contribution in [-0.2, 0) is 20.0 Å². The lowest BCUT2D eigenvalue weighted by atomic mass is 10.2. The second kappa shape index (κ2) is 10.2. The highest BCUT2D eigenvalue weighted by molar-refractivity contribution is 9.09. The third-order valence-electron chi connectivity index (χ3n) is 3.92. The molecule has 136 valence electrons. The second-order valence-corrected chi connectivity index (χ2v) is 6.72. The van der Waals surface area contributed by atoms with Gasteiger partial charge in [-0.25, -0.2) is 0 Å². The van der Waals surface area contributed by atoms with E-state index in [1.165, 1.54) is 6.42 Å². The van der Waals surface area contributed by atoms with Gasteiger partial charge >= 0.3 is 0 Å². The number of carbonyl (C=O) groups excluding carboxylic acids is 1. The van der Waals surface area contributed by atoms with E-state index in [4.69, 9.17) is 4.74 Å². The van der Waals surface area contributed by atoms with Crippen molar-refractivity contribution in [2.45, 2.75) is 39.2 Å². The van der Waals surface area contributed by atoms with Crippen LogP contribution in [-0.4, -0.2) is 27.6 Å². The van der Waals surface area contributed by atoms with Gasteiger partial charge in [-0.3, -0.25) is 9.48 Å². The number of alkyl halides is 1. The predicted octanol–water partition coefficient (Wildman–Crippen LogP) is 3.86. The van der Waals surface area contributed by atoms with Gasteiger partial charge in [-0.1, -0.05) is 35.0 Å². The fraction of sp³-hybridized carbons (Fsp3) is 0.474. The number of halogens is 1. The van der Waals surface area contributed by atoms with Gasteiger partial charge in [0.15, 0.2) is 0 Å². The van der Waals surface area contributed by atoms with Crippen molar-refractivity contribution in [3.63, 3.8) is 0 Å². The minimum absolute atomic E-state index is 0.115. The maximum absolute atomic E-state index is 12.3. The van der Waals surface area contributed by atoms with Gasteiger partial charge < -0.3 is 10.1 Å². The number of carbonyl (C=O) groups is 1. The normalized spacial score (nSPS) is 10.7. The Labute approximate surface area is 157 Å². The van der Waals surface area contributed by atoms with Gasteiger partial charge in [-0.2, -0.15) is 5.10 Å². The zero-order chi connectivity index (χ0) is 18.1. The fourth-order valence-corrected chi connectivity index (χ4v) is 2.89. The highest BCUT2D eigenvalue weighted by Crippen LogP contribution is 2.14. The summed E-state index contributed by atoms with van der Waals surface area (Å²) in [6, 6.07) is 9.70. The predicted molar refractivity (Wildman–Crippen MR) is 103 cm³/mol. The molecule has 0 aliphatic carbocycles. The van der Waals surface area contributed by atoms with Crippen LogP contribution in [0.2, 0.25) is 0 Å². The number of amides is 1. The van der Waals surface area contributed by atoms with Crippen LogP contribution in [0.3, 0.4) is 0 Å². The minimum atomic E-state index is -0.115. The van der Waals surface area contributed by atoms with E-state index in [0.29, 0.717) is 12.2 Å². The first-order valence-corrected chi connectivity index (χ1v) is 9.85. The van der Waals surface area contributed by atoms with Crippen molar-refractivity contribution in [1.29, 1.82) is 0 Å². The molecule has 0 spiro atoms. The number of hydrogen-bond acceptors (Lipinski definition) is 3. The van der Waals surface area contributed by atoms with E-state index < -0.39 is 0 Å². The summed E-state index contributed by atoms with van der Waals surface area (Å²) in [7, 11) is 1.79. The number of benzene rings is 1. The zero-order valence-corrected chi connectivity index (χ0v) is 16.5. The smallest absolute Gasteiger partial charge is 0.269 e. The molecule has 0 fully saturated rings. The molecular formula is C19H26BrN3O2. The molecule has 2 rings (SSSR count). The van der Waals surface area contributed by atoms with Crippen molar-refractivity contribution in [2.75, 3.05) is 11.9 Å². The van der Waals surface area contributed by atoms with Crippen molar-refractivity contribution in [1.82, 2.24) is 15.1 Å². The number of nitrogens with one attached hydrogen (secondary N) is 1. The molecule has 2 aromatic rings. The van der Waals surface area contributed by atoms with E-state index in [-0.39, 0.29) is 5.91 Å². The summed E-state index contributed by atoms with van der Waals surface area (Å²) >= 11 is 3.43. The van der Waals surface area contributed by atoms with E-state index in [2.05, 4.69) is 26.3 Å². The third-order valence-corrected chi connectivity index (χ3v) is 4.48. The van der Waals surface area contributed by atoms with E-state index >= 15 is 0 Å². The van der Waals surface area contributed by atoms with Crippen molar-refractivity contribution >= 4 is 21.8 Å². The summed E-state index contributed by atoms with van der Waals surface area (Å²) in [4.78, 5) is 12.3. The van der Waals surface area contributed by atoms with Crippen molar-refractivity contribution in [2.24, 2.45) is 7.05 Å². The lowest BCUT2D eigenvalue weighted by Gasteiger charge is -2.09. The number of ether oxygens (including phenoxy) is 1. The molecule has 5 nitrogen and oxygen atoms in total. The van der Waals surface area contributed by atoms with Crippen LogP contribution in [0, 0.1) is 0 Å². The molecule has 25 heavy (non-hydrogen) atoms. The lowest BCUT2D eigenvalue weighted by molar-refractivity contribution is 0.0941. The molecule has 0 radical (unpaired) electrons. The van der Waals surface area contributed by atoms with Gasteiger partial charge in [0.2, 0.25) is 0 Å². The first-order chi connectivity index (χ1) is 12.1. The van der Waals surface area contributed by atoms with Crippen LogP contribution >= 0.6 is 15.9 Å². The topological polar surface area (TPSA) is 56.1 Å². The summed E-state index contributed by atoms with van der Waals surface area (Å²) < 4.78 is 7.41. The molecule has 0 aliphatic rings. The van der Waals surface area contributed by atoms with Gasteiger partial charge in [0.1, 0.15) is 11.4 Å². The van der Waals surface area contributed by atoms with Crippen molar-refractivity contribution in [3.05, 3.63) is 47.3 Å². The first kappa shape index (κ1) is 19.5. The Kier molecular flexibility index (Phi) is 7.98. The third kappa shape index (κ3) is 6.20. The Balaban J connectivity index is 1.84. The van der Waals surface area contributed by atoms with E-state index in [1.807, 2.05) is 37.3 Å². The Bertz CT molecular complexity index is 685. The first-order valence-electron chi connectivity index (χ1n) is 8.73. The molecule has 0 aliphatic heterocycles. The minimum Gasteiger partial charge on any atom is -0.494 e. The van der Waals surface area contributed by atoms with E-state index in [0.717, 1.165) is 48.2 Å². The molecule has 0 unspecified atom stereocenters. The van der Waals surface area contributed by atoms with Gasteiger partial charge in [0.05, 0.1) is 12.3 Å². The number of unbranched alkanes of at least 4 members (excludes halogenated alkanes) is 2. The van der Waals surface area contributed by atoms with Gasteiger partial charge in [0.25, 0.3) is 5.91 Å². The Hall–Kier alpha value is -1.82. The molecule has 0 saturated carbocycles. The van der Waals surface area contributed by atoms with E-state index in [1.54, 1.807) is 11.7 Å². The molecule has 1 aromatic carbocycles. The Morgan fingerprint density at radius 2 is 2.12 bits per heavy atom. The molecule has 1 aromatic heterocycles. The highest BCUT2D eigenvalue weighted by Gasteiger charge is 2.12. The summed E-state index contributed by atoms with van der Waals surface area (Å²) in [6.07, 6.45) is 4.19. The average molecular weight is 408 g/mol. The fourth-order valence-electron chi connectivity index (χ4n) is 2.49. The number of aryl methyl sites for hydroxylation is 2. The maximum atomic E-state index is 12.3. The monoisotopic (exact) mass is 407 g/mol. The van der Waals surface area contributed by atoms with Crippen molar-refractivity contribution < 1.29 is 9.53 Å². The van der Waals surface area contributed by atoms with Crippen LogP contribution in [0.4, 0.5) is 0 Å². The Morgan fingerprint density at radius 3 is 2.84 bits per heavy atom. The standard InChI is InChI=1S/C19H26BrN3O2/c1-3-16-13-18(23(2)22-16)19(24)21-14-15-8-7-9-17(12-15)25-11-6-4-5-10-20/h7-9,12-13H,3-6,10-11,14H2,1-2H3,(H,21,24). The van der Waals surface area contributed by atoms with E-state index in [9.17, 15) is 4.79 Å². The average Bonchev–Trinajstić information content (AvgIpc) is 3.01. The number of aromatic nitrogens is 2. The van der Waals surface area contributed by atoms with Gasteiger partial charge in [-0.05, 0) is 49.4 Å². The van der Waals surface area contributed by atoms with Crippen LogP contribution in [0.25, 0.3) is 0 Å². The second-order valence-electron chi connectivity index (χ2n) is 5.93. The number of nitrogens with zero attached hydrogens (tertiary/aromatic N) is 2. The van der Waals surface area contributed by atoms with Gasteiger partial charge in [-0.15, -0.1) is 0 Å². The van der Waals surface area contributed by atoms with Crippen LogP contribution in [0.5, 0.6) is 5.75 Å². The number of rotatable bonds is 10.